The van der Waals surface area contributed by atoms with Crippen LogP contribution in [0.4, 0.5) is 0 Å². The minimum absolute atomic E-state index is 0.285. The third-order valence-electron chi connectivity index (χ3n) is 2.23. The Kier molecular flexibility index (Phi) is 5.40. The zero-order valence-corrected chi connectivity index (χ0v) is 9.29. The minimum atomic E-state index is 0.285. The molecule has 1 aromatic rings. The van der Waals surface area contributed by atoms with Crippen molar-refractivity contribution < 1.29 is 5.11 Å². The molecule has 1 heteroatoms. The van der Waals surface area contributed by atoms with Gasteiger partial charge in [-0.3, -0.25) is 0 Å². The molecule has 0 fully saturated rings. The van der Waals surface area contributed by atoms with Gasteiger partial charge in [0.2, 0.25) is 0 Å². The fourth-order valence-corrected chi connectivity index (χ4v) is 1.39. The molecule has 0 saturated heterocycles. The van der Waals surface area contributed by atoms with E-state index in [1.807, 2.05) is 12.1 Å². The molecule has 0 aromatic heterocycles. The van der Waals surface area contributed by atoms with Crippen molar-refractivity contribution in [2.24, 2.45) is 0 Å². The number of rotatable bonds is 4. The van der Waals surface area contributed by atoms with Gasteiger partial charge >= 0.3 is 0 Å². The van der Waals surface area contributed by atoms with Gasteiger partial charge in [0, 0.05) is 12.0 Å². The van der Waals surface area contributed by atoms with Gasteiger partial charge in [-0.05, 0) is 24.6 Å². The van der Waals surface area contributed by atoms with Crippen molar-refractivity contribution in [1.29, 1.82) is 0 Å². The van der Waals surface area contributed by atoms with Crippen molar-refractivity contribution >= 4 is 0 Å². The highest BCUT2D eigenvalue weighted by Gasteiger charge is 1.88. The third-order valence-corrected chi connectivity index (χ3v) is 2.23. The highest BCUT2D eigenvalue weighted by atomic mass is 16.3. The molecule has 0 aliphatic rings. The summed E-state index contributed by atoms with van der Waals surface area (Å²) >= 11 is 0. The molecule has 0 heterocycles. The molecule has 0 spiro atoms. The fourth-order valence-electron chi connectivity index (χ4n) is 1.39. The lowest BCUT2D eigenvalue weighted by Gasteiger charge is -1.93. The maximum Gasteiger partial charge on any atom is 0.116 e. The average molecular weight is 202 g/mol. The molecule has 15 heavy (non-hydrogen) atoms. The van der Waals surface area contributed by atoms with E-state index in [4.69, 9.17) is 0 Å². The second kappa shape index (κ2) is 6.95. The number of hydrogen-bond acceptors (Lipinski definition) is 1. The second-order valence-electron chi connectivity index (χ2n) is 3.66. The van der Waals surface area contributed by atoms with E-state index in [0.29, 0.717) is 0 Å². The van der Waals surface area contributed by atoms with Crippen LogP contribution in [0.15, 0.2) is 24.3 Å². The van der Waals surface area contributed by atoms with E-state index in [2.05, 4.69) is 18.8 Å². The molecule has 0 aliphatic carbocycles. The van der Waals surface area contributed by atoms with Crippen LogP contribution < -0.4 is 0 Å². The topological polar surface area (TPSA) is 20.2 Å². The Bertz CT molecular complexity index is 344. The van der Waals surface area contributed by atoms with Gasteiger partial charge in [-0.15, -0.1) is 0 Å². The highest BCUT2D eigenvalue weighted by Crippen LogP contribution is 2.09. The van der Waals surface area contributed by atoms with Crippen molar-refractivity contribution in [2.45, 2.75) is 39.0 Å². The molecule has 0 bridgehead atoms. The summed E-state index contributed by atoms with van der Waals surface area (Å²) in [5.41, 5.74) is 0.894. The van der Waals surface area contributed by atoms with E-state index in [0.717, 1.165) is 12.0 Å². The number of phenols is 1. The summed E-state index contributed by atoms with van der Waals surface area (Å²) in [6.45, 7) is 2.21. The molecule has 0 unspecified atom stereocenters. The lowest BCUT2D eigenvalue weighted by molar-refractivity contribution is 0.475. The molecule has 1 N–H and O–H groups in total. The monoisotopic (exact) mass is 202 g/mol. The van der Waals surface area contributed by atoms with Crippen molar-refractivity contribution in [2.75, 3.05) is 0 Å². The molecule has 1 nitrogen and oxygen atoms in total. The lowest BCUT2D eigenvalue weighted by atomic mass is 10.1. The predicted octanol–water partition coefficient (Wildman–Crippen LogP) is 3.71. The molecular formula is C14H18O. The van der Waals surface area contributed by atoms with Gasteiger partial charge in [0.05, 0.1) is 0 Å². The Morgan fingerprint density at radius 1 is 1.20 bits per heavy atom. The smallest absolute Gasteiger partial charge is 0.116 e. The summed E-state index contributed by atoms with van der Waals surface area (Å²) in [4.78, 5) is 0. The van der Waals surface area contributed by atoms with Crippen LogP contribution in [0, 0.1) is 11.8 Å². The van der Waals surface area contributed by atoms with Crippen LogP contribution in [0.25, 0.3) is 0 Å². The first-order chi connectivity index (χ1) is 7.33. The van der Waals surface area contributed by atoms with Gasteiger partial charge in [-0.25, -0.2) is 0 Å². The second-order valence-corrected chi connectivity index (χ2v) is 3.66. The SMILES string of the molecule is CCCCCCC#Cc1cccc(O)c1. The number of phenolic OH excluding ortho intramolecular Hbond substituents is 1. The summed E-state index contributed by atoms with van der Waals surface area (Å²) in [5, 5.41) is 9.22. The maximum absolute atomic E-state index is 9.22. The lowest BCUT2D eigenvalue weighted by Crippen LogP contribution is -1.76. The summed E-state index contributed by atoms with van der Waals surface area (Å²) in [5.74, 6) is 6.46. The number of aromatic hydroxyl groups is 1. The van der Waals surface area contributed by atoms with Crippen LogP contribution in [-0.4, -0.2) is 5.11 Å². The van der Waals surface area contributed by atoms with Crippen LogP contribution >= 0.6 is 0 Å². The van der Waals surface area contributed by atoms with Crippen LogP contribution in [0.1, 0.15) is 44.6 Å². The van der Waals surface area contributed by atoms with Gasteiger partial charge in [-0.2, -0.15) is 0 Å². The van der Waals surface area contributed by atoms with Gasteiger partial charge in [0.1, 0.15) is 5.75 Å². The molecule has 0 amide bonds. The standard InChI is InChI=1S/C14H18O/c1-2-3-4-5-6-7-9-13-10-8-11-14(15)12-13/h8,10-12,15H,2-6H2,1H3. The first kappa shape index (κ1) is 11.7. The molecular weight excluding hydrogens is 184 g/mol. The first-order valence-corrected chi connectivity index (χ1v) is 5.61. The summed E-state index contributed by atoms with van der Waals surface area (Å²) in [6, 6.07) is 7.08. The third kappa shape index (κ3) is 5.12. The van der Waals surface area contributed by atoms with Crippen molar-refractivity contribution in [3.05, 3.63) is 29.8 Å². The zero-order chi connectivity index (χ0) is 10.9. The predicted molar refractivity (Wildman–Crippen MR) is 63.7 cm³/mol. The fraction of sp³-hybridized carbons (Fsp3) is 0.429. The van der Waals surface area contributed by atoms with Gasteiger partial charge in [-0.1, -0.05) is 44.1 Å². The van der Waals surface area contributed by atoms with E-state index in [1.165, 1.54) is 25.7 Å². The van der Waals surface area contributed by atoms with E-state index in [1.54, 1.807) is 12.1 Å². The maximum atomic E-state index is 9.22. The summed E-state index contributed by atoms with van der Waals surface area (Å²) in [6.07, 6.45) is 5.97. The van der Waals surface area contributed by atoms with Crippen LogP contribution in [0.5, 0.6) is 5.75 Å². The summed E-state index contributed by atoms with van der Waals surface area (Å²) < 4.78 is 0. The average Bonchev–Trinajstić information content (AvgIpc) is 2.23. The van der Waals surface area contributed by atoms with Crippen molar-refractivity contribution in [1.82, 2.24) is 0 Å². The molecule has 1 aromatic carbocycles. The number of unbranched alkanes of at least 4 members (excludes halogenated alkanes) is 4. The Morgan fingerprint density at radius 3 is 2.80 bits per heavy atom. The molecule has 0 aliphatic heterocycles. The Hall–Kier alpha value is -1.42. The molecule has 80 valence electrons. The molecule has 0 atom stereocenters. The van der Waals surface area contributed by atoms with E-state index in [9.17, 15) is 5.11 Å². The van der Waals surface area contributed by atoms with Crippen LogP contribution in [0.3, 0.4) is 0 Å². The van der Waals surface area contributed by atoms with Gasteiger partial charge in [0.15, 0.2) is 0 Å². The van der Waals surface area contributed by atoms with Crippen molar-refractivity contribution in [3.63, 3.8) is 0 Å². The first-order valence-electron chi connectivity index (χ1n) is 5.61. The van der Waals surface area contributed by atoms with Crippen LogP contribution in [-0.2, 0) is 0 Å². The normalized spacial score (nSPS) is 9.40. The van der Waals surface area contributed by atoms with Crippen LogP contribution in [0.2, 0.25) is 0 Å². The molecule has 1 rings (SSSR count). The number of benzene rings is 1. The largest absolute Gasteiger partial charge is 0.508 e. The van der Waals surface area contributed by atoms with E-state index >= 15 is 0 Å². The molecule has 0 radical (unpaired) electrons. The van der Waals surface area contributed by atoms with Crippen molar-refractivity contribution in [3.8, 4) is 17.6 Å². The van der Waals surface area contributed by atoms with Gasteiger partial charge < -0.3 is 5.11 Å². The Morgan fingerprint density at radius 2 is 2.07 bits per heavy atom. The summed E-state index contributed by atoms with van der Waals surface area (Å²) in [7, 11) is 0. The highest BCUT2D eigenvalue weighted by molar-refractivity contribution is 5.38. The zero-order valence-electron chi connectivity index (χ0n) is 9.29. The minimum Gasteiger partial charge on any atom is -0.508 e. The van der Waals surface area contributed by atoms with E-state index < -0.39 is 0 Å². The molecule has 0 saturated carbocycles. The Balaban J connectivity index is 2.32. The Labute approximate surface area is 92.1 Å². The quantitative estimate of drug-likeness (QED) is 0.583. The van der Waals surface area contributed by atoms with Gasteiger partial charge in [0.25, 0.3) is 0 Å². The number of hydrogen-bond donors (Lipinski definition) is 1. The van der Waals surface area contributed by atoms with E-state index in [-0.39, 0.29) is 5.75 Å².